The molecular formula is C109H93N21O4. The Morgan fingerprint density at radius 1 is 0.343 bits per heavy atom. The van der Waals surface area contributed by atoms with E-state index < -0.39 is 0 Å². The van der Waals surface area contributed by atoms with Crippen molar-refractivity contribution in [2.45, 2.75) is 76.4 Å². The molecule has 658 valence electrons. The van der Waals surface area contributed by atoms with E-state index >= 15 is 0 Å². The Bertz CT molecular complexity index is 7990. The van der Waals surface area contributed by atoms with Crippen molar-refractivity contribution in [1.29, 1.82) is 0 Å². The van der Waals surface area contributed by atoms with Crippen LogP contribution >= 0.6 is 0 Å². The first-order valence-corrected chi connectivity index (χ1v) is 45.1. The number of hydrogen-bond donors (Lipinski definition) is 6. The van der Waals surface area contributed by atoms with Crippen LogP contribution in [0, 0.1) is 17.8 Å². The van der Waals surface area contributed by atoms with Crippen molar-refractivity contribution in [3.05, 3.63) is 323 Å². The van der Waals surface area contributed by atoms with Crippen LogP contribution in [0.5, 0.6) is 0 Å². The molecule has 3 fully saturated rings. The predicted octanol–water partition coefficient (Wildman–Crippen LogP) is 21.2. The molecule has 3 aliphatic carbocycles. The number of hydrogen-bond acceptors (Lipinski definition) is 20. The third-order valence-electron chi connectivity index (χ3n) is 26.4. The number of rotatable bonds is 16. The number of aliphatic hydroxyl groups excluding tert-OH is 1. The molecule has 1 amide bonds. The Kier molecular flexibility index (Phi) is 22.8. The number of anilines is 4. The van der Waals surface area contributed by atoms with Gasteiger partial charge in [-0.2, -0.15) is 0 Å². The van der Waals surface area contributed by atoms with E-state index in [0.29, 0.717) is 54.7 Å². The number of aliphatic hydroxyl groups is 1. The lowest BCUT2D eigenvalue weighted by Crippen LogP contribution is -2.36. The van der Waals surface area contributed by atoms with E-state index in [4.69, 9.17) is 53.3 Å². The van der Waals surface area contributed by atoms with E-state index in [1.165, 1.54) is 19.0 Å². The maximum absolute atomic E-state index is 12.1. The predicted molar refractivity (Wildman–Crippen MR) is 531 cm³/mol. The lowest BCUT2D eigenvalue weighted by atomic mass is 9.79. The van der Waals surface area contributed by atoms with Crippen LogP contribution in [-0.2, 0) is 14.3 Å². The van der Waals surface area contributed by atoms with Gasteiger partial charge in [0.25, 0.3) is 0 Å². The summed E-state index contributed by atoms with van der Waals surface area (Å²) in [6, 6.07) is 93.3. The fourth-order valence-electron chi connectivity index (χ4n) is 19.0. The molecule has 12 aromatic heterocycles. The summed E-state index contributed by atoms with van der Waals surface area (Å²) in [5, 5.41) is 17.2. The molecule has 0 saturated heterocycles. The molecule has 3 saturated carbocycles. The van der Waals surface area contributed by atoms with Gasteiger partial charge in [-0.1, -0.05) is 212 Å². The van der Waals surface area contributed by atoms with Crippen molar-refractivity contribution in [2.75, 3.05) is 36.1 Å². The number of pyridine rings is 4. The zero-order chi connectivity index (χ0) is 91.0. The SMILES string of the molecule is CCOC(=O)C1CC(n2cc(-c3ccc4ccc(-c5ccccc5)nc4c3)c3c(N)ncnc32)C1.NC(=O)C1CC(n2cc(-c3ccc4ccc(-c5ccccc5)nc4c3)c3c(N)ncnc32)C1.Nc1ncnc2c1c(-c1ccc3ccc(-c4ccccc4)nc3c1)cn2-c1ccccc1.Nc1ncnc2c1c(-c1ccc3ccc(-c4ccccc4)nc3c1)cn2C1CCC(CO)CC1. The lowest BCUT2D eigenvalue weighted by molar-refractivity contribution is -0.152. The molecular weight excluding hydrogens is 1670 g/mol. The average molecular weight is 1760 g/mol. The maximum atomic E-state index is 12.1. The third kappa shape index (κ3) is 16.5. The molecule has 0 atom stereocenters. The second-order valence-corrected chi connectivity index (χ2v) is 34.5. The number of nitrogens with zero attached hydrogens (tertiary/aromatic N) is 16. The highest BCUT2D eigenvalue weighted by molar-refractivity contribution is 6.07. The van der Waals surface area contributed by atoms with Crippen molar-refractivity contribution in [3.8, 4) is 95.2 Å². The summed E-state index contributed by atoms with van der Waals surface area (Å²) < 4.78 is 13.8. The molecule has 11 N–H and O–H groups in total. The first-order valence-electron chi connectivity index (χ1n) is 45.1. The van der Waals surface area contributed by atoms with Gasteiger partial charge >= 0.3 is 5.97 Å². The van der Waals surface area contributed by atoms with E-state index in [-0.39, 0.29) is 42.4 Å². The molecule has 24 rings (SSSR count). The number of primary amides is 1. The van der Waals surface area contributed by atoms with Gasteiger partial charge in [-0.15, -0.1) is 0 Å². The summed E-state index contributed by atoms with van der Waals surface area (Å²) in [7, 11) is 0. The van der Waals surface area contributed by atoms with Gasteiger partial charge in [0.05, 0.1) is 78.9 Å². The first-order chi connectivity index (χ1) is 65.7. The number of carbonyl (C=O) groups is 2. The van der Waals surface area contributed by atoms with E-state index in [0.717, 1.165) is 221 Å². The molecule has 21 aromatic rings. The maximum Gasteiger partial charge on any atom is 0.309 e. The van der Waals surface area contributed by atoms with Crippen LogP contribution in [0.2, 0.25) is 0 Å². The number of ether oxygens (including phenoxy) is 1. The van der Waals surface area contributed by atoms with Crippen molar-refractivity contribution < 1.29 is 19.4 Å². The monoisotopic (exact) mass is 1760 g/mol. The lowest BCUT2D eigenvalue weighted by Gasteiger charge is -2.34. The number of nitrogen functional groups attached to an aromatic ring is 4. The van der Waals surface area contributed by atoms with Gasteiger partial charge in [-0.25, -0.2) is 59.8 Å². The van der Waals surface area contributed by atoms with Crippen LogP contribution in [0.3, 0.4) is 0 Å². The average Bonchev–Trinajstić information content (AvgIpc) is 1.76. The van der Waals surface area contributed by atoms with Crippen LogP contribution < -0.4 is 28.7 Å². The smallest absolute Gasteiger partial charge is 0.309 e. The molecule has 12 heterocycles. The normalized spacial score (nSPS) is 16.3. The summed E-state index contributed by atoms with van der Waals surface area (Å²) >= 11 is 0. The molecule has 0 aliphatic heterocycles. The summed E-state index contributed by atoms with van der Waals surface area (Å²) in [6.45, 7) is 2.51. The Morgan fingerprint density at radius 3 is 0.970 bits per heavy atom. The Hall–Kier alpha value is -16.8. The molecule has 9 aromatic carbocycles. The minimum absolute atomic E-state index is 0.0682. The van der Waals surface area contributed by atoms with Gasteiger partial charge in [-0.3, -0.25) is 9.59 Å². The highest BCUT2D eigenvalue weighted by atomic mass is 16.5. The number of benzene rings is 9. The number of nitrogens with two attached hydrogens (primary N) is 5. The zero-order valence-electron chi connectivity index (χ0n) is 73.3. The fourth-order valence-corrected chi connectivity index (χ4v) is 19.0. The molecule has 25 heteroatoms. The van der Waals surface area contributed by atoms with E-state index in [1.807, 2.05) is 110 Å². The van der Waals surface area contributed by atoms with Gasteiger partial charge in [0, 0.05) is 127 Å². The van der Waals surface area contributed by atoms with E-state index in [9.17, 15) is 14.7 Å². The fraction of sp³-hybridized carbons (Fsp3) is 0.156. The van der Waals surface area contributed by atoms with Gasteiger partial charge in [-0.05, 0) is 147 Å². The molecule has 25 nitrogen and oxygen atoms in total. The second-order valence-electron chi connectivity index (χ2n) is 34.5. The Labute approximate surface area is 770 Å². The van der Waals surface area contributed by atoms with Gasteiger partial charge in [0.15, 0.2) is 5.65 Å². The highest BCUT2D eigenvalue weighted by Gasteiger charge is 2.39. The minimum Gasteiger partial charge on any atom is -0.466 e. The first kappa shape index (κ1) is 84.1. The number of esters is 1. The van der Waals surface area contributed by atoms with E-state index in [1.54, 1.807) is 6.33 Å². The summed E-state index contributed by atoms with van der Waals surface area (Å²) in [6.07, 6.45) is 21.4. The number of fused-ring (bicyclic) bond motifs is 8. The van der Waals surface area contributed by atoms with Gasteiger partial charge in [0.1, 0.15) is 65.5 Å². The van der Waals surface area contributed by atoms with Crippen LogP contribution in [0.25, 0.3) is 183 Å². The van der Waals surface area contributed by atoms with Gasteiger partial charge < -0.3 is 56.8 Å². The Morgan fingerprint density at radius 2 is 0.642 bits per heavy atom. The van der Waals surface area contributed by atoms with Crippen molar-refractivity contribution in [3.63, 3.8) is 0 Å². The number of amides is 1. The Balaban J connectivity index is 0.000000107. The summed E-state index contributed by atoms with van der Waals surface area (Å²) in [4.78, 5) is 78.6. The van der Waals surface area contributed by atoms with Crippen molar-refractivity contribution >= 4 is 123 Å². The number of aromatic nitrogens is 16. The van der Waals surface area contributed by atoms with Crippen LogP contribution in [0.4, 0.5) is 23.3 Å². The topological polar surface area (TPSA) is 368 Å². The van der Waals surface area contributed by atoms with Crippen LogP contribution in [-0.4, -0.2) is 108 Å². The van der Waals surface area contributed by atoms with E-state index in [2.05, 4.69) is 253 Å². The van der Waals surface area contributed by atoms with Crippen LogP contribution in [0.15, 0.2) is 323 Å². The third-order valence-corrected chi connectivity index (χ3v) is 26.4. The summed E-state index contributed by atoms with van der Waals surface area (Å²) in [5.74, 6) is 1.72. The molecule has 3 aliphatic rings. The largest absolute Gasteiger partial charge is 0.466 e. The highest BCUT2D eigenvalue weighted by Crippen LogP contribution is 2.48. The molecule has 134 heavy (non-hydrogen) atoms. The minimum atomic E-state index is -0.244. The van der Waals surface area contributed by atoms with Gasteiger partial charge in [0.2, 0.25) is 5.91 Å². The van der Waals surface area contributed by atoms with Crippen molar-refractivity contribution in [2.24, 2.45) is 23.5 Å². The molecule has 0 bridgehead atoms. The molecule has 0 radical (unpaired) electrons. The number of para-hydroxylation sites is 1. The summed E-state index contributed by atoms with van der Waals surface area (Å²) in [5.41, 5.74) is 54.9. The second kappa shape index (κ2) is 36.3. The molecule has 0 spiro atoms. The quantitative estimate of drug-likeness (QED) is 0.0489. The van der Waals surface area contributed by atoms with Crippen molar-refractivity contribution in [1.82, 2.24) is 78.1 Å². The standard InChI is InChI=1S/C28H25N5O2.C28H27N5O.C27H19N5.C26H22N6O/c1-2-35-28(34)20-12-21(13-20)33-15-22(25-26(29)30-16-31-27(25)33)19-9-8-18-10-11-23(32-24(18)14-19)17-6-4-3-5-7-17;29-27-26-23(15-33(28(26)31-17-30-27)22-11-6-18(16-34)7-12-22)21-9-8-20-10-13-24(32-25(20)14-21)19-4-2-1-3-5-19;28-26-25-22(16-32(27(25)30-17-29-26)21-9-5-2-6-10-21)20-12-11-19-13-14-23(31-24(19)15-20)18-7-3-1-4-8-18;27-24-23-20(13-32(26(23)30-14-29-24)19-10-18(11-19)25(28)33)17-7-6-16-8-9-21(31-22(16)12-17)15-4-2-1-3-5-15/h3-11,14-16,20-21H,2,12-13H2,1H3,(H2,29,30,31);1-5,8-10,13-15,17-18,22,34H,6-7,11-12,16H2,(H2,29,30,31);1-17H,(H2,28,29,30);1-9,12-14,18-19H,10-11H2,(H2,28,33)(H2,27,29,30). The number of carbonyl (C=O) groups excluding carboxylic acids is 2. The van der Waals surface area contributed by atoms with Crippen LogP contribution in [0.1, 0.15) is 76.4 Å². The zero-order valence-corrected chi connectivity index (χ0v) is 73.3. The molecule has 0 unspecified atom stereocenters.